The first kappa shape index (κ1) is 13.7. The second kappa shape index (κ2) is 5.65. The number of fused-ring (bicyclic) bond motifs is 1. The van der Waals surface area contributed by atoms with Crippen LogP contribution >= 0.6 is 22.6 Å². The van der Waals surface area contributed by atoms with Crippen molar-refractivity contribution >= 4 is 39.5 Å². The number of ether oxygens (including phenoxy) is 1. The number of hydrogen-bond acceptors (Lipinski definition) is 4. The molecule has 0 aliphatic rings. The molecule has 0 atom stereocenters. The van der Waals surface area contributed by atoms with E-state index in [-0.39, 0.29) is 11.4 Å². The zero-order valence-corrected chi connectivity index (χ0v) is 12.8. The smallest absolute Gasteiger partial charge is 0.360 e. The molecule has 0 amide bonds. The third kappa shape index (κ3) is 2.66. The molecule has 0 fully saturated rings. The number of aromatic carboxylic acids is 1. The second-order valence-corrected chi connectivity index (χ2v) is 5.39. The molecule has 0 spiro atoms. The van der Waals surface area contributed by atoms with Gasteiger partial charge in [-0.25, -0.2) is 4.79 Å². The van der Waals surface area contributed by atoms with Gasteiger partial charge in [0.25, 0.3) is 0 Å². The zero-order valence-electron chi connectivity index (χ0n) is 10.7. The van der Waals surface area contributed by atoms with Gasteiger partial charge >= 0.3 is 5.97 Å². The fourth-order valence-corrected chi connectivity index (χ4v) is 2.41. The van der Waals surface area contributed by atoms with E-state index in [2.05, 4.69) is 32.8 Å². The number of para-hydroxylation sites is 1. The maximum absolute atomic E-state index is 11.4. The van der Waals surface area contributed by atoms with Crippen LogP contribution in [0.3, 0.4) is 0 Å². The van der Waals surface area contributed by atoms with Crippen molar-refractivity contribution in [2.24, 2.45) is 0 Å². The summed E-state index contributed by atoms with van der Waals surface area (Å²) in [6.45, 7) is 0. The normalized spacial score (nSPS) is 10.5. The number of rotatable bonds is 3. The number of hydrogen-bond donors (Lipinski definition) is 1. The van der Waals surface area contributed by atoms with Gasteiger partial charge in [0, 0.05) is 5.39 Å². The number of halogens is 1. The molecule has 3 rings (SSSR count). The van der Waals surface area contributed by atoms with Crippen molar-refractivity contribution in [3.8, 4) is 11.5 Å². The molecular weight excluding hydrogens is 383 g/mol. The predicted molar refractivity (Wildman–Crippen MR) is 85.7 cm³/mol. The number of aromatic nitrogens is 2. The average molecular weight is 392 g/mol. The van der Waals surface area contributed by atoms with Crippen molar-refractivity contribution in [1.82, 2.24) is 10.2 Å². The molecule has 5 nitrogen and oxygen atoms in total. The van der Waals surface area contributed by atoms with Crippen LogP contribution in [0.25, 0.3) is 10.9 Å². The van der Waals surface area contributed by atoms with Gasteiger partial charge in [0.15, 0.2) is 5.75 Å². The third-order valence-electron chi connectivity index (χ3n) is 2.87. The van der Waals surface area contributed by atoms with Gasteiger partial charge in [0.05, 0.1) is 9.09 Å². The Labute approximate surface area is 133 Å². The molecular formula is C15H9IN2O3. The van der Waals surface area contributed by atoms with Gasteiger partial charge in [-0.2, -0.15) is 0 Å². The van der Waals surface area contributed by atoms with Gasteiger partial charge in [-0.15, -0.1) is 10.2 Å². The van der Waals surface area contributed by atoms with E-state index in [0.29, 0.717) is 16.7 Å². The first-order valence-corrected chi connectivity index (χ1v) is 7.16. The quantitative estimate of drug-likeness (QED) is 0.688. The Morgan fingerprint density at radius 1 is 1.05 bits per heavy atom. The van der Waals surface area contributed by atoms with Crippen LogP contribution in [0.2, 0.25) is 0 Å². The minimum atomic E-state index is -1.17. The average Bonchev–Trinajstić information content (AvgIpc) is 2.49. The Kier molecular flexibility index (Phi) is 3.70. The molecule has 0 saturated carbocycles. The molecule has 0 unspecified atom stereocenters. The van der Waals surface area contributed by atoms with Crippen LogP contribution in [-0.2, 0) is 0 Å². The highest BCUT2D eigenvalue weighted by Crippen LogP contribution is 2.33. The van der Waals surface area contributed by atoms with Gasteiger partial charge < -0.3 is 9.84 Å². The lowest BCUT2D eigenvalue weighted by molar-refractivity contribution is 0.0686. The molecule has 0 saturated heterocycles. The molecule has 1 aromatic heterocycles. The summed E-state index contributed by atoms with van der Waals surface area (Å²) in [6, 6.07) is 14.5. The molecule has 0 aliphatic carbocycles. The molecule has 6 heteroatoms. The fourth-order valence-electron chi connectivity index (χ4n) is 1.91. The summed E-state index contributed by atoms with van der Waals surface area (Å²) in [6.07, 6.45) is 0. The number of nitrogens with zero attached hydrogens (tertiary/aromatic N) is 2. The minimum absolute atomic E-state index is 0.201. The van der Waals surface area contributed by atoms with Gasteiger partial charge in [0.1, 0.15) is 5.75 Å². The highest BCUT2D eigenvalue weighted by atomic mass is 127. The SMILES string of the molecule is O=C(O)c1nnc2ccccc2c1Oc1ccccc1I. The Bertz CT molecular complexity index is 836. The molecule has 0 aliphatic heterocycles. The molecule has 0 radical (unpaired) electrons. The van der Waals surface area contributed by atoms with Crippen molar-refractivity contribution in [2.45, 2.75) is 0 Å². The van der Waals surface area contributed by atoms with Crippen LogP contribution in [-0.4, -0.2) is 21.3 Å². The molecule has 104 valence electrons. The first-order chi connectivity index (χ1) is 10.2. The standard InChI is InChI=1S/C15H9IN2O3/c16-10-6-2-4-8-12(10)21-14-9-5-1-3-7-11(9)17-18-13(14)15(19)20/h1-8H,(H,19,20). The first-order valence-electron chi connectivity index (χ1n) is 6.08. The number of benzene rings is 2. The molecule has 21 heavy (non-hydrogen) atoms. The number of carbonyl (C=O) groups is 1. The van der Waals surface area contributed by atoms with Crippen LogP contribution < -0.4 is 4.74 Å². The largest absolute Gasteiger partial charge is 0.476 e. The van der Waals surface area contributed by atoms with Crippen molar-refractivity contribution < 1.29 is 14.6 Å². The lowest BCUT2D eigenvalue weighted by Crippen LogP contribution is -2.06. The second-order valence-electron chi connectivity index (χ2n) is 4.23. The third-order valence-corrected chi connectivity index (χ3v) is 3.76. The Hall–Kier alpha value is -2.22. The highest BCUT2D eigenvalue weighted by molar-refractivity contribution is 14.1. The van der Waals surface area contributed by atoms with Crippen molar-refractivity contribution in [1.29, 1.82) is 0 Å². The summed E-state index contributed by atoms with van der Waals surface area (Å²) in [5.74, 6) is -0.384. The molecule has 0 bridgehead atoms. The number of carboxylic acid groups (broad SMARTS) is 1. The van der Waals surface area contributed by atoms with E-state index < -0.39 is 5.97 Å². The zero-order chi connectivity index (χ0) is 14.8. The summed E-state index contributed by atoms with van der Waals surface area (Å²) in [5.41, 5.74) is 0.386. The van der Waals surface area contributed by atoms with Crippen molar-refractivity contribution in [3.63, 3.8) is 0 Å². The summed E-state index contributed by atoms with van der Waals surface area (Å²) < 4.78 is 6.71. The van der Waals surface area contributed by atoms with E-state index in [1.165, 1.54) is 0 Å². The predicted octanol–water partition coefficient (Wildman–Crippen LogP) is 3.72. The summed E-state index contributed by atoms with van der Waals surface area (Å²) >= 11 is 2.13. The van der Waals surface area contributed by atoms with E-state index in [1.807, 2.05) is 24.3 Å². The van der Waals surface area contributed by atoms with Gasteiger partial charge in [0.2, 0.25) is 5.69 Å². The molecule has 1 N–H and O–H groups in total. The van der Waals surface area contributed by atoms with Crippen LogP contribution in [0.5, 0.6) is 11.5 Å². The lowest BCUT2D eigenvalue weighted by atomic mass is 10.2. The molecule has 1 heterocycles. The minimum Gasteiger partial charge on any atom is -0.476 e. The summed E-state index contributed by atoms with van der Waals surface area (Å²) in [4.78, 5) is 11.4. The summed E-state index contributed by atoms with van der Waals surface area (Å²) in [5, 5.41) is 17.6. The monoisotopic (exact) mass is 392 g/mol. The Morgan fingerprint density at radius 3 is 2.52 bits per heavy atom. The summed E-state index contributed by atoms with van der Waals surface area (Å²) in [7, 11) is 0. The fraction of sp³-hybridized carbons (Fsp3) is 0. The highest BCUT2D eigenvalue weighted by Gasteiger charge is 2.19. The van der Waals surface area contributed by atoms with Crippen LogP contribution in [0.15, 0.2) is 48.5 Å². The van der Waals surface area contributed by atoms with E-state index in [9.17, 15) is 9.90 Å². The van der Waals surface area contributed by atoms with Gasteiger partial charge in [-0.3, -0.25) is 0 Å². The molecule has 2 aromatic carbocycles. The van der Waals surface area contributed by atoms with Crippen LogP contribution in [0, 0.1) is 3.57 Å². The van der Waals surface area contributed by atoms with Crippen LogP contribution in [0.4, 0.5) is 0 Å². The van der Waals surface area contributed by atoms with E-state index >= 15 is 0 Å². The van der Waals surface area contributed by atoms with Crippen molar-refractivity contribution in [2.75, 3.05) is 0 Å². The van der Waals surface area contributed by atoms with E-state index in [4.69, 9.17) is 4.74 Å². The topological polar surface area (TPSA) is 72.3 Å². The maximum Gasteiger partial charge on any atom is 0.360 e. The lowest BCUT2D eigenvalue weighted by Gasteiger charge is -2.11. The number of carboxylic acids is 1. The maximum atomic E-state index is 11.4. The Balaban J connectivity index is 2.21. The van der Waals surface area contributed by atoms with E-state index in [1.54, 1.807) is 24.3 Å². The van der Waals surface area contributed by atoms with Gasteiger partial charge in [-0.05, 0) is 46.9 Å². The molecule has 3 aromatic rings. The van der Waals surface area contributed by atoms with E-state index in [0.717, 1.165) is 3.57 Å². The Morgan fingerprint density at radius 2 is 1.76 bits per heavy atom. The van der Waals surface area contributed by atoms with Crippen LogP contribution in [0.1, 0.15) is 10.5 Å². The van der Waals surface area contributed by atoms with Crippen molar-refractivity contribution in [3.05, 3.63) is 57.8 Å². The van der Waals surface area contributed by atoms with Gasteiger partial charge in [-0.1, -0.05) is 24.3 Å².